The van der Waals surface area contributed by atoms with Gasteiger partial charge >= 0.3 is 5.97 Å². The number of hydrogen-bond acceptors (Lipinski definition) is 5. The summed E-state index contributed by atoms with van der Waals surface area (Å²) in [5.41, 5.74) is 0. The highest BCUT2D eigenvalue weighted by Crippen LogP contribution is 2.30. The molecule has 9 heteroatoms. The number of carbonyl (C=O) groups is 1. The number of aliphatic carboxylic acids is 1. The van der Waals surface area contributed by atoms with Crippen LogP contribution >= 0.6 is 11.6 Å². The van der Waals surface area contributed by atoms with Crippen molar-refractivity contribution in [3.8, 4) is 5.75 Å². The van der Waals surface area contributed by atoms with Crippen LogP contribution < -0.4 is 4.74 Å². The van der Waals surface area contributed by atoms with E-state index in [-0.39, 0.29) is 34.9 Å². The number of nitrogens with zero attached hydrogens (tertiary/aromatic N) is 1. The Morgan fingerprint density at radius 2 is 2.00 bits per heavy atom. The van der Waals surface area contributed by atoms with Crippen LogP contribution in [0.3, 0.4) is 0 Å². The van der Waals surface area contributed by atoms with Gasteiger partial charge in [0.2, 0.25) is 10.0 Å². The third kappa shape index (κ3) is 5.34. The molecule has 1 rings (SSSR count). The summed E-state index contributed by atoms with van der Waals surface area (Å²) < 4.78 is 37.1. The first-order valence-electron chi connectivity index (χ1n) is 7.23. The number of halogens is 1. The van der Waals surface area contributed by atoms with E-state index in [4.69, 9.17) is 26.2 Å². The lowest BCUT2D eigenvalue weighted by atomic mass is 10.2. The molecule has 24 heavy (non-hydrogen) atoms. The minimum absolute atomic E-state index is 0.113. The minimum Gasteiger partial charge on any atom is -0.487 e. The summed E-state index contributed by atoms with van der Waals surface area (Å²) in [5.74, 6) is -1.78. The first-order chi connectivity index (χ1) is 11.1. The molecule has 0 fully saturated rings. The summed E-state index contributed by atoms with van der Waals surface area (Å²) in [5, 5.41) is 9.20. The molecule has 0 aliphatic heterocycles. The molecule has 1 aromatic carbocycles. The third-order valence-electron chi connectivity index (χ3n) is 3.28. The molecule has 2 unspecified atom stereocenters. The zero-order valence-corrected chi connectivity index (χ0v) is 15.6. The van der Waals surface area contributed by atoms with Gasteiger partial charge in [0, 0.05) is 25.7 Å². The van der Waals surface area contributed by atoms with Crippen LogP contribution in [0.15, 0.2) is 23.1 Å². The number of hydrogen-bond donors (Lipinski definition) is 1. The molecule has 136 valence electrons. The van der Waals surface area contributed by atoms with Gasteiger partial charge in [0.1, 0.15) is 16.7 Å². The lowest BCUT2D eigenvalue weighted by Gasteiger charge is -2.22. The molecule has 0 aliphatic carbocycles. The molecule has 2 atom stereocenters. The van der Waals surface area contributed by atoms with Crippen LogP contribution in [0.25, 0.3) is 0 Å². The molecule has 0 aromatic heterocycles. The molecule has 0 saturated heterocycles. The highest BCUT2D eigenvalue weighted by atomic mass is 35.5. The van der Waals surface area contributed by atoms with E-state index in [9.17, 15) is 13.2 Å². The van der Waals surface area contributed by atoms with Gasteiger partial charge in [-0.3, -0.25) is 4.79 Å². The van der Waals surface area contributed by atoms with Crippen LogP contribution in [0, 0.1) is 5.92 Å². The average molecular weight is 380 g/mol. The minimum atomic E-state index is -3.96. The molecular weight excluding hydrogens is 358 g/mol. The molecular formula is C15H22ClNO6S. The molecule has 0 saturated carbocycles. The smallest absolute Gasteiger partial charge is 0.307 e. The van der Waals surface area contributed by atoms with E-state index in [0.29, 0.717) is 0 Å². The Bertz CT molecular complexity index is 679. The summed E-state index contributed by atoms with van der Waals surface area (Å²) in [6, 6.07) is 4.28. The number of rotatable bonds is 9. The Labute approximate surface area is 147 Å². The lowest BCUT2D eigenvalue weighted by molar-refractivity contribution is -0.141. The quantitative estimate of drug-likeness (QED) is 0.706. The second-order valence-corrected chi connectivity index (χ2v) is 7.95. The van der Waals surface area contributed by atoms with Crippen LogP contribution in [0.4, 0.5) is 0 Å². The topological polar surface area (TPSA) is 93.1 Å². The van der Waals surface area contributed by atoms with Gasteiger partial charge in [0.15, 0.2) is 0 Å². The lowest BCUT2D eigenvalue weighted by Crippen LogP contribution is -2.34. The Balaban J connectivity index is 3.17. The molecule has 0 aliphatic rings. The Morgan fingerprint density at radius 3 is 2.54 bits per heavy atom. The normalized spacial score (nSPS) is 14.4. The largest absolute Gasteiger partial charge is 0.487 e. The van der Waals surface area contributed by atoms with E-state index in [0.717, 1.165) is 4.31 Å². The Hall–Kier alpha value is -1.35. The highest BCUT2D eigenvalue weighted by Gasteiger charge is 2.28. The van der Waals surface area contributed by atoms with Crippen molar-refractivity contribution in [1.82, 2.24) is 4.31 Å². The van der Waals surface area contributed by atoms with E-state index in [1.54, 1.807) is 6.92 Å². The van der Waals surface area contributed by atoms with Crippen molar-refractivity contribution in [2.45, 2.75) is 24.8 Å². The summed E-state index contributed by atoms with van der Waals surface area (Å²) in [4.78, 5) is 10.8. The van der Waals surface area contributed by atoms with Crippen molar-refractivity contribution < 1.29 is 27.8 Å². The van der Waals surface area contributed by atoms with Crippen molar-refractivity contribution >= 4 is 27.6 Å². The fourth-order valence-corrected chi connectivity index (χ4v) is 3.63. The summed E-state index contributed by atoms with van der Waals surface area (Å²) in [6.45, 7) is 3.29. The van der Waals surface area contributed by atoms with Gasteiger partial charge in [0.05, 0.1) is 12.5 Å². The zero-order valence-electron chi connectivity index (χ0n) is 14.0. The van der Waals surface area contributed by atoms with Crippen LogP contribution in [0.2, 0.25) is 5.02 Å². The molecule has 0 spiro atoms. The fourth-order valence-electron chi connectivity index (χ4n) is 2.00. The number of carboxylic acid groups (broad SMARTS) is 1. The van der Waals surface area contributed by atoms with Gasteiger partial charge in [0.25, 0.3) is 0 Å². The van der Waals surface area contributed by atoms with Crippen LogP contribution in [0.1, 0.15) is 13.8 Å². The van der Waals surface area contributed by atoms with Crippen molar-refractivity contribution in [2.24, 2.45) is 5.92 Å². The molecule has 1 N–H and O–H groups in total. The van der Waals surface area contributed by atoms with Gasteiger partial charge < -0.3 is 14.6 Å². The maximum Gasteiger partial charge on any atom is 0.307 e. The summed E-state index contributed by atoms with van der Waals surface area (Å²) in [7, 11) is -1.13. The molecule has 7 nitrogen and oxygen atoms in total. The number of sulfonamides is 1. The fraction of sp³-hybridized carbons (Fsp3) is 0.533. The van der Waals surface area contributed by atoms with Gasteiger partial charge in [-0.25, -0.2) is 8.42 Å². The maximum absolute atomic E-state index is 12.8. The van der Waals surface area contributed by atoms with E-state index < -0.39 is 21.9 Å². The van der Waals surface area contributed by atoms with Gasteiger partial charge in [-0.15, -0.1) is 0 Å². The summed E-state index contributed by atoms with van der Waals surface area (Å²) >= 11 is 5.92. The van der Waals surface area contributed by atoms with E-state index in [1.807, 2.05) is 0 Å². The zero-order chi connectivity index (χ0) is 18.5. The van der Waals surface area contributed by atoms with Crippen LogP contribution in [-0.4, -0.2) is 57.2 Å². The monoisotopic (exact) mass is 379 g/mol. The van der Waals surface area contributed by atoms with Gasteiger partial charge in [-0.1, -0.05) is 18.5 Å². The SMILES string of the molecule is COCC(C)Oc1ccc(Cl)cc1S(=O)(=O)N(C)CC(C)C(=O)O. The molecule has 0 radical (unpaired) electrons. The van der Waals surface area contributed by atoms with E-state index in [2.05, 4.69) is 0 Å². The predicted molar refractivity (Wildman–Crippen MR) is 90.0 cm³/mol. The molecule has 1 aromatic rings. The second-order valence-electron chi connectivity index (χ2n) is 5.50. The van der Waals surface area contributed by atoms with Crippen molar-refractivity contribution in [1.29, 1.82) is 0 Å². The first kappa shape index (κ1) is 20.7. The van der Waals surface area contributed by atoms with Crippen molar-refractivity contribution in [3.63, 3.8) is 0 Å². The first-order valence-corrected chi connectivity index (χ1v) is 9.05. The van der Waals surface area contributed by atoms with Crippen LogP contribution in [-0.2, 0) is 19.6 Å². The van der Waals surface area contributed by atoms with E-state index in [1.165, 1.54) is 39.3 Å². The maximum atomic E-state index is 12.8. The standard InChI is InChI=1S/C15H22ClNO6S/c1-10(15(18)19)8-17(3)24(20,21)14-7-12(16)5-6-13(14)23-11(2)9-22-4/h5-7,10-11H,8-9H2,1-4H3,(H,18,19). The molecule has 0 bridgehead atoms. The average Bonchev–Trinajstić information content (AvgIpc) is 2.48. The van der Waals surface area contributed by atoms with E-state index >= 15 is 0 Å². The Kier molecular flexibility index (Phi) is 7.47. The van der Waals surface area contributed by atoms with Crippen molar-refractivity contribution in [3.05, 3.63) is 23.2 Å². The highest BCUT2D eigenvalue weighted by molar-refractivity contribution is 7.89. The number of carboxylic acids is 1. The Morgan fingerprint density at radius 1 is 1.38 bits per heavy atom. The number of ether oxygens (including phenoxy) is 2. The second kappa shape index (κ2) is 8.66. The van der Waals surface area contributed by atoms with Crippen molar-refractivity contribution in [2.75, 3.05) is 27.3 Å². The number of methoxy groups -OCH3 is 1. The third-order valence-corrected chi connectivity index (χ3v) is 5.36. The molecule has 0 heterocycles. The van der Waals surface area contributed by atoms with Crippen LogP contribution in [0.5, 0.6) is 5.75 Å². The molecule has 0 amide bonds. The predicted octanol–water partition coefficient (Wildman–Crippen LogP) is 2.09. The number of benzene rings is 1. The summed E-state index contributed by atoms with van der Waals surface area (Å²) in [6.07, 6.45) is -0.367. The van der Waals surface area contributed by atoms with Gasteiger partial charge in [-0.05, 0) is 25.1 Å². The van der Waals surface area contributed by atoms with Gasteiger partial charge in [-0.2, -0.15) is 4.31 Å².